The third kappa shape index (κ3) is 9.37. The van der Waals surface area contributed by atoms with Gasteiger partial charge in [-0.2, -0.15) is 0 Å². The lowest BCUT2D eigenvalue weighted by molar-refractivity contribution is -0.151. The Bertz CT molecular complexity index is 1040. The Morgan fingerprint density at radius 1 is 1.27 bits per heavy atom. The number of aliphatic hydroxyl groups excluding tert-OH is 1. The van der Waals surface area contributed by atoms with Gasteiger partial charge in [-0.3, -0.25) is 0 Å². The molecule has 1 aromatic rings. The van der Waals surface area contributed by atoms with Crippen LogP contribution in [0.5, 0.6) is 0 Å². The molecule has 1 fully saturated rings. The standard InChI is InChI=1S/C30H45FO5Si/c1-20(2)30(7,31)15-14-24(32)27-25(35-29(5,6)36-27)13-11-12-23-19-21(3)18-22(4)26(23)28(33)34-16-17-37(8,9)10/h11-12,18-20,24-25,27,32H,13,16-17H2,1-10H3/b12-11+/t24?,25-,27?,30?/m0/s1. The molecule has 0 amide bonds. The highest BCUT2D eigenvalue weighted by Gasteiger charge is 2.44. The van der Waals surface area contributed by atoms with Gasteiger partial charge in [-0.1, -0.05) is 75.2 Å². The highest BCUT2D eigenvalue weighted by molar-refractivity contribution is 6.76. The van der Waals surface area contributed by atoms with Crippen molar-refractivity contribution in [3.8, 4) is 11.8 Å². The van der Waals surface area contributed by atoms with E-state index in [1.54, 1.807) is 27.7 Å². The Hall–Kier alpha value is -1.98. The third-order valence-corrected chi connectivity index (χ3v) is 8.25. The van der Waals surface area contributed by atoms with Gasteiger partial charge in [0.2, 0.25) is 0 Å². The molecule has 4 atom stereocenters. The lowest BCUT2D eigenvalue weighted by atomic mass is 9.94. The first-order valence-electron chi connectivity index (χ1n) is 13.1. The van der Waals surface area contributed by atoms with Crippen LogP contribution in [0.1, 0.15) is 68.1 Å². The second-order valence-corrected chi connectivity index (χ2v) is 17.8. The van der Waals surface area contributed by atoms with Crippen LogP contribution >= 0.6 is 0 Å². The minimum atomic E-state index is -1.71. The fraction of sp³-hybridized carbons (Fsp3) is 0.633. The number of hydrogen-bond donors (Lipinski definition) is 1. The largest absolute Gasteiger partial charge is 0.462 e. The minimum Gasteiger partial charge on any atom is -0.462 e. The van der Waals surface area contributed by atoms with Crippen molar-refractivity contribution in [2.75, 3.05) is 6.61 Å². The Morgan fingerprint density at radius 3 is 2.51 bits per heavy atom. The van der Waals surface area contributed by atoms with Gasteiger partial charge in [0.15, 0.2) is 11.5 Å². The number of esters is 1. The van der Waals surface area contributed by atoms with Gasteiger partial charge in [-0.25, -0.2) is 9.18 Å². The summed E-state index contributed by atoms with van der Waals surface area (Å²) in [6.07, 6.45) is 1.78. The maximum absolute atomic E-state index is 14.6. The fourth-order valence-electron chi connectivity index (χ4n) is 4.02. The molecule has 1 saturated heterocycles. The summed E-state index contributed by atoms with van der Waals surface area (Å²) in [5, 5.41) is 10.7. The highest BCUT2D eigenvalue weighted by atomic mass is 28.3. The molecule has 0 bridgehead atoms. The van der Waals surface area contributed by atoms with Crippen LogP contribution in [0.25, 0.3) is 6.08 Å². The van der Waals surface area contributed by atoms with Gasteiger partial charge in [0.25, 0.3) is 0 Å². The molecular weight excluding hydrogens is 487 g/mol. The monoisotopic (exact) mass is 532 g/mol. The van der Waals surface area contributed by atoms with Crippen LogP contribution in [0.3, 0.4) is 0 Å². The Kier molecular flexibility index (Phi) is 10.3. The number of ether oxygens (including phenoxy) is 3. The highest BCUT2D eigenvalue weighted by Crippen LogP contribution is 2.32. The number of alkyl halides is 1. The molecule has 5 nitrogen and oxygen atoms in total. The van der Waals surface area contributed by atoms with Crippen molar-refractivity contribution in [1.29, 1.82) is 0 Å². The molecule has 7 heteroatoms. The summed E-state index contributed by atoms with van der Waals surface area (Å²) in [7, 11) is -1.32. The number of hydrogen-bond acceptors (Lipinski definition) is 5. The number of aryl methyl sites for hydroxylation is 2. The summed E-state index contributed by atoms with van der Waals surface area (Å²) in [4.78, 5) is 13.0. The summed E-state index contributed by atoms with van der Waals surface area (Å²) >= 11 is 0. The van der Waals surface area contributed by atoms with Gasteiger partial charge in [-0.05, 0) is 64.1 Å². The molecule has 1 aliphatic heterocycles. The van der Waals surface area contributed by atoms with Gasteiger partial charge >= 0.3 is 5.97 Å². The molecular formula is C30H45FO5Si. The summed E-state index contributed by atoms with van der Waals surface area (Å²) in [5.74, 6) is 3.65. The van der Waals surface area contributed by atoms with Crippen LogP contribution in [0.4, 0.5) is 4.39 Å². The van der Waals surface area contributed by atoms with Crippen molar-refractivity contribution >= 4 is 20.1 Å². The predicted molar refractivity (Wildman–Crippen MR) is 150 cm³/mol. The van der Waals surface area contributed by atoms with E-state index in [1.165, 1.54) is 6.92 Å². The first-order valence-corrected chi connectivity index (χ1v) is 16.8. The van der Waals surface area contributed by atoms with Crippen LogP contribution in [-0.2, 0) is 14.2 Å². The van der Waals surface area contributed by atoms with E-state index in [0.717, 1.165) is 22.7 Å². The van der Waals surface area contributed by atoms with Crippen molar-refractivity contribution < 1.29 is 28.5 Å². The molecule has 206 valence electrons. The predicted octanol–water partition coefficient (Wildman–Crippen LogP) is 6.47. The molecule has 3 unspecified atom stereocenters. The number of halogens is 1. The molecule has 1 aliphatic rings. The van der Waals surface area contributed by atoms with E-state index in [9.17, 15) is 14.3 Å². The lowest BCUT2D eigenvalue weighted by Gasteiger charge is -2.20. The zero-order valence-corrected chi connectivity index (χ0v) is 25.2. The second kappa shape index (κ2) is 12.3. The fourth-order valence-corrected chi connectivity index (χ4v) is 4.73. The second-order valence-electron chi connectivity index (χ2n) is 12.2. The SMILES string of the molecule is Cc1cc(C)c(C(=O)OCC[Si](C)(C)C)c(/C=C/C[C@@H]2OC(C)(C)OC2C(O)C#CC(C)(F)C(C)C)c1. The quantitative estimate of drug-likeness (QED) is 0.224. The summed E-state index contributed by atoms with van der Waals surface area (Å²) in [5.41, 5.74) is 1.52. The van der Waals surface area contributed by atoms with Crippen LogP contribution in [-0.4, -0.2) is 55.5 Å². The molecule has 0 saturated carbocycles. The van der Waals surface area contributed by atoms with Gasteiger partial charge in [0.1, 0.15) is 12.2 Å². The van der Waals surface area contributed by atoms with E-state index in [0.29, 0.717) is 18.6 Å². The van der Waals surface area contributed by atoms with E-state index in [2.05, 4.69) is 31.5 Å². The summed E-state index contributed by atoms with van der Waals surface area (Å²) in [6, 6.07) is 4.85. The molecule has 0 spiro atoms. The first kappa shape index (κ1) is 31.2. The van der Waals surface area contributed by atoms with Crippen molar-refractivity contribution in [3.63, 3.8) is 0 Å². The van der Waals surface area contributed by atoms with Gasteiger partial charge < -0.3 is 19.3 Å². The van der Waals surface area contributed by atoms with Crippen LogP contribution in [0.15, 0.2) is 18.2 Å². The number of rotatable bonds is 9. The zero-order valence-electron chi connectivity index (χ0n) is 24.2. The normalized spacial score (nSPS) is 22.0. The molecule has 1 heterocycles. The smallest absolute Gasteiger partial charge is 0.338 e. The number of carbonyl (C=O) groups excluding carboxylic acids is 1. The maximum atomic E-state index is 14.6. The lowest BCUT2D eigenvalue weighted by Crippen LogP contribution is -2.35. The van der Waals surface area contributed by atoms with E-state index in [-0.39, 0.29) is 11.9 Å². The van der Waals surface area contributed by atoms with Gasteiger partial charge in [-0.15, -0.1) is 0 Å². The van der Waals surface area contributed by atoms with E-state index in [4.69, 9.17) is 14.2 Å². The van der Waals surface area contributed by atoms with E-state index < -0.39 is 37.8 Å². The molecule has 0 aliphatic carbocycles. The Labute approximate surface area is 223 Å². The van der Waals surface area contributed by atoms with Gasteiger partial charge in [0, 0.05) is 8.07 Å². The number of carbonyl (C=O) groups is 1. The maximum Gasteiger partial charge on any atom is 0.338 e. The summed E-state index contributed by atoms with van der Waals surface area (Å²) in [6.45, 7) is 19.5. The number of benzene rings is 1. The topological polar surface area (TPSA) is 65.0 Å². The van der Waals surface area contributed by atoms with E-state index in [1.807, 2.05) is 38.1 Å². The molecule has 1 aromatic carbocycles. The van der Waals surface area contributed by atoms with Crippen molar-refractivity contribution in [1.82, 2.24) is 0 Å². The van der Waals surface area contributed by atoms with Crippen LogP contribution in [0.2, 0.25) is 25.7 Å². The minimum absolute atomic E-state index is 0.308. The van der Waals surface area contributed by atoms with Crippen molar-refractivity contribution in [2.24, 2.45) is 5.92 Å². The summed E-state index contributed by atoms with van der Waals surface area (Å²) < 4.78 is 32.2. The zero-order chi connectivity index (χ0) is 28.2. The first-order chi connectivity index (χ1) is 16.9. The third-order valence-electron chi connectivity index (χ3n) is 6.55. The molecule has 0 aromatic heterocycles. The van der Waals surface area contributed by atoms with Crippen LogP contribution < -0.4 is 0 Å². The van der Waals surface area contributed by atoms with Crippen LogP contribution in [0, 0.1) is 31.6 Å². The number of aliphatic hydroxyl groups is 1. The average molecular weight is 533 g/mol. The van der Waals surface area contributed by atoms with Gasteiger partial charge in [0.05, 0.1) is 18.3 Å². The Morgan fingerprint density at radius 2 is 1.92 bits per heavy atom. The average Bonchev–Trinajstić information content (AvgIpc) is 3.05. The van der Waals surface area contributed by atoms with E-state index >= 15 is 0 Å². The van der Waals surface area contributed by atoms with Crippen molar-refractivity contribution in [3.05, 3.63) is 40.5 Å². The molecule has 1 N–H and O–H groups in total. The molecule has 2 rings (SSSR count). The molecule has 0 radical (unpaired) electrons. The molecule has 37 heavy (non-hydrogen) atoms. The van der Waals surface area contributed by atoms with Crippen molar-refractivity contribution in [2.45, 2.75) is 110 Å². The Balaban J connectivity index is 2.21.